The van der Waals surface area contributed by atoms with Gasteiger partial charge in [0.05, 0.1) is 25.4 Å². The standard InChI is InChI=1S/C79H153NO5/c1-3-5-7-9-11-13-15-17-19-21-37-41-45-49-53-57-61-65-69-73-79(84)85-74-70-66-62-58-54-50-46-42-39-36-34-32-30-28-26-24-22-23-25-27-29-31-33-35-38-40-44-48-52-56-60-64-68-72-78(83)80-76(75-81)77(82)71-67-63-59-55-51-47-43-20-18-16-14-12-10-8-6-4-2/h26,28,67,71,76-77,81-82H,3-25,27,29-66,68-70,72-75H2,1-2H3,(H,80,83)/b28-26-,71-67+. The molecule has 1 amide bonds. The zero-order valence-corrected chi connectivity index (χ0v) is 57.9. The Hall–Kier alpha value is -1.66. The van der Waals surface area contributed by atoms with Crippen LogP contribution >= 0.6 is 0 Å². The molecule has 6 heteroatoms. The summed E-state index contributed by atoms with van der Waals surface area (Å²) >= 11 is 0. The van der Waals surface area contributed by atoms with E-state index in [1.807, 2.05) is 6.08 Å². The molecule has 0 aliphatic heterocycles. The number of unbranched alkanes of at least 4 members (excludes halogenated alkanes) is 61. The van der Waals surface area contributed by atoms with Crippen LogP contribution in [0.4, 0.5) is 0 Å². The van der Waals surface area contributed by atoms with Crippen LogP contribution in [-0.2, 0) is 14.3 Å². The molecule has 85 heavy (non-hydrogen) atoms. The van der Waals surface area contributed by atoms with Crippen molar-refractivity contribution in [3.63, 3.8) is 0 Å². The van der Waals surface area contributed by atoms with Crippen molar-refractivity contribution in [2.24, 2.45) is 0 Å². The summed E-state index contributed by atoms with van der Waals surface area (Å²) in [5.41, 5.74) is 0. The fraction of sp³-hybridized carbons (Fsp3) is 0.924. The second-order valence-electron chi connectivity index (χ2n) is 27.0. The van der Waals surface area contributed by atoms with Crippen molar-refractivity contribution < 1.29 is 24.5 Å². The average Bonchev–Trinajstić information content (AvgIpc) is 3.51. The van der Waals surface area contributed by atoms with Gasteiger partial charge in [0, 0.05) is 12.8 Å². The van der Waals surface area contributed by atoms with Crippen molar-refractivity contribution >= 4 is 11.9 Å². The largest absolute Gasteiger partial charge is 0.466 e. The SMILES string of the molecule is CCCCCCCCCCCCCCCC/C=C/C(O)C(CO)NC(=O)CCCCCCCCCCCCCCCCCCC/C=C\CCCCCCCCCCCCCCOC(=O)CCCCCCCCCCCCCCCCCCCCC. The summed E-state index contributed by atoms with van der Waals surface area (Å²) in [6, 6.07) is -0.625. The molecule has 0 radical (unpaired) electrons. The van der Waals surface area contributed by atoms with Crippen molar-refractivity contribution in [1.29, 1.82) is 0 Å². The number of ether oxygens (including phenoxy) is 1. The molecule has 0 aliphatic carbocycles. The van der Waals surface area contributed by atoms with Crippen LogP contribution in [0.5, 0.6) is 0 Å². The van der Waals surface area contributed by atoms with Gasteiger partial charge in [-0.3, -0.25) is 9.59 Å². The van der Waals surface area contributed by atoms with E-state index in [4.69, 9.17) is 4.74 Å². The Morgan fingerprint density at radius 2 is 0.553 bits per heavy atom. The lowest BCUT2D eigenvalue weighted by Gasteiger charge is -2.20. The third-order valence-corrected chi connectivity index (χ3v) is 18.5. The molecule has 0 fully saturated rings. The maximum Gasteiger partial charge on any atom is 0.305 e. The van der Waals surface area contributed by atoms with E-state index in [0.29, 0.717) is 19.4 Å². The number of nitrogens with one attached hydrogen (secondary N) is 1. The molecule has 504 valence electrons. The molecule has 0 aliphatic rings. The van der Waals surface area contributed by atoms with Crippen molar-refractivity contribution in [3.05, 3.63) is 24.3 Å². The first kappa shape index (κ1) is 83.3. The van der Waals surface area contributed by atoms with Gasteiger partial charge in [-0.1, -0.05) is 398 Å². The predicted octanol–water partition coefficient (Wildman–Crippen LogP) is 25.7. The highest BCUT2D eigenvalue weighted by atomic mass is 16.5. The number of aliphatic hydroxyl groups is 2. The molecular formula is C79H153NO5. The Bertz CT molecular complexity index is 1330. The van der Waals surface area contributed by atoms with E-state index in [0.717, 1.165) is 38.5 Å². The maximum atomic E-state index is 12.5. The fourth-order valence-electron chi connectivity index (χ4n) is 12.5. The molecule has 0 bridgehead atoms. The van der Waals surface area contributed by atoms with Gasteiger partial charge in [-0.2, -0.15) is 0 Å². The zero-order valence-electron chi connectivity index (χ0n) is 57.9. The minimum absolute atomic E-state index is 0.0242. The van der Waals surface area contributed by atoms with Crippen molar-refractivity contribution in [2.75, 3.05) is 13.2 Å². The van der Waals surface area contributed by atoms with Gasteiger partial charge in [0.15, 0.2) is 0 Å². The Morgan fingerprint density at radius 1 is 0.318 bits per heavy atom. The maximum absolute atomic E-state index is 12.5. The molecule has 0 aromatic heterocycles. The highest BCUT2D eigenvalue weighted by Gasteiger charge is 2.18. The van der Waals surface area contributed by atoms with Crippen molar-refractivity contribution in [2.45, 2.75) is 456 Å². The molecule has 0 heterocycles. The van der Waals surface area contributed by atoms with E-state index >= 15 is 0 Å². The molecule has 0 saturated heterocycles. The zero-order chi connectivity index (χ0) is 61.3. The summed E-state index contributed by atoms with van der Waals surface area (Å²) in [5.74, 6) is -0.0373. The van der Waals surface area contributed by atoms with Gasteiger partial charge >= 0.3 is 5.97 Å². The Balaban J connectivity index is 3.34. The van der Waals surface area contributed by atoms with Crippen LogP contribution in [0.3, 0.4) is 0 Å². The molecule has 0 saturated carbocycles. The second-order valence-corrected chi connectivity index (χ2v) is 27.0. The minimum Gasteiger partial charge on any atom is -0.466 e. The van der Waals surface area contributed by atoms with Crippen molar-refractivity contribution in [1.82, 2.24) is 5.32 Å². The Kier molecular flexibility index (Phi) is 73.3. The van der Waals surface area contributed by atoms with Crippen LogP contribution in [0, 0.1) is 0 Å². The second kappa shape index (κ2) is 74.8. The number of carbonyl (C=O) groups is 2. The van der Waals surface area contributed by atoms with Gasteiger partial charge in [0.2, 0.25) is 5.91 Å². The van der Waals surface area contributed by atoms with Crippen LogP contribution in [0.1, 0.15) is 444 Å². The van der Waals surface area contributed by atoms with Crippen molar-refractivity contribution in [3.8, 4) is 0 Å². The van der Waals surface area contributed by atoms with Gasteiger partial charge in [0.25, 0.3) is 0 Å². The lowest BCUT2D eigenvalue weighted by Crippen LogP contribution is -2.45. The first-order valence-electron chi connectivity index (χ1n) is 39.1. The molecule has 0 aromatic rings. The number of allylic oxidation sites excluding steroid dienone is 3. The van der Waals surface area contributed by atoms with Crippen LogP contribution in [-0.4, -0.2) is 47.4 Å². The van der Waals surface area contributed by atoms with E-state index in [9.17, 15) is 19.8 Å². The van der Waals surface area contributed by atoms with E-state index in [-0.39, 0.29) is 18.5 Å². The number of carbonyl (C=O) groups excluding carboxylic acids is 2. The molecule has 3 N–H and O–H groups in total. The number of hydrogen-bond donors (Lipinski definition) is 3. The molecule has 6 nitrogen and oxygen atoms in total. The number of rotatable bonds is 74. The number of amides is 1. The molecule has 0 aromatic carbocycles. The summed E-state index contributed by atoms with van der Waals surface area (Å²) in [7, 11) is 0. The highest BCUT2D eigenvalue weighted by molar-refractivity contribution is 5.76. The molecule has 2 unspecified atom stereocenters. The molecule has 0 rings (SSSR count). The normalized spacial score (nSPS) is 12.6. The average molecular weight is 1200 g/mol. The molecule has 0 spiro atoms. The van der Waals surface area contributed by atoms with Crippen LogP contribution in [0.15, 0.2) is 24.3 Å². The summed E-state index contributed by atoms with van der Waals surface area (Å²) in [6.07, 6.45) is 95.8. The van der Waals surface area contributed by atoms with Gasteiger partial charge in [-0.25, -0.2) is 0 Å². The van der Waals surface area contributed by atoms with Crippen LogP contribution in [0.25, 0.3) is 0 Å². The van der Waals surface area contributed by atoms with Crippen LogP contribution < -0.4 is 5.32 Å². The summed E-state index contributed by atoms with van der Waals surface area (Å²) in [5, 5.41) is 23.2. The van der Waals surface area contributed by atoms with Gasteiger partial charge < -0.3 is 20.3 Å². The minimum atomic E-state index is -0.842. The monoisotopic (exact) mass is 1200 g/mol. The molecule has 2 atom stereocenters. The Labute approximate surface area is 532 Å². The summed E-state index contributed by atoms with van der Waals surface area (Å²) in [4.78, 5) is 24.6. The molecular weight excluding hydrogens is 1040 g/mol. The van der Waals surface area contributed by atoms with Gasteiger partial charge in [0.1, 0.15) is 0 Å². The van der Waals surface area contributed by atoms with Crippen LogP contribution in [0.2, 0.25) is 0 Å². The summed E-state index contributed by atoms with van der Waals surface area (Å²) < 4.78 is 5.52. The van der Waals surface area contributed by atoms with E-state index < -0.39 is 12.1 Å². The number of esters is 1. The summed E-state index contributed by atoms with van der Waals surface area (Å²) in [6.45, 7) is 4.96. The highest BCUT2D eigenvalue weighted by Crippen LogP contribution is 2.20. The first-order valence-corrected chi connectivity index (χ1v) is 39.1. The van der Waals surface area contributed by atoms with E-state index in [1.54, 1.807) is 6.08 Å². The lowest BCUT2D eigenvalue weighted by molar-refractivity contribution is -0.143. The topological polar surface area (TPSA) is 95.9 Å². The Morgan fingerprint density at radius 3 is 0.835 bits per heavy atom. The van der Waals surface area contributed by atoms with Gasteiger partial charge in [-0.05, 0) is 57.8 Å². The third-order valence-electron chi connectivity index (χ3n) is 18.5. The van der Waals surface area contributed by atoms with Gasteiger partial charge in [-0.15, -0.1) is 0 Å². The van der Waals surface area contributed by atoms with E-state index in [2.05, 4.69) is 31.3 Å². The van der Waals surface area contributed by atoms with E-state index in [1.165, 1.54) is 379 Å². The number of aliphatic hydroxyl groups excluding tert-OH is 2. The smallest absolute Gasteiger partial charge is 0.305 e. The first-order chi connectivity index (χ1) is 42.0. The quantitative estimate of drug-likeness (QED) is 0.0320. The fourth-order valence-corrected chi connectivity index (χ4v) is 12.5. The lowest BCUT2D eigenvalue weighted by atomic mass is 10.0. The number of hydrogen-bond acceptors (Lipinski definition) is 5. The predicted molar refractivity (Wildman–Crippen MR) is 375 cm³/mol. The third kappa shape index (κ3) is 71.3.